The molecule has 0 bridgehead atoms. The molecule has 9 heteroatoms. The number of carbonyl (C=O) groups excluding carboxylic acids is 1. The van der Waals surface area contributed by atoms with Gasteiger partial charge in [0, 0.05) is 31.3 Å². The Bertz CT molecular complexity index is 1010. The van der Waals surface area contributed by atoms with Gasteiger partial charge in [0.15, 0.2) is 0 Å². The van der Waals surface area contributed by atoms with Crippen molar-refractivity contribution >= 4 is 17.5 Å². The van der Waals surface area contributed by atoms with Crippen molar-refractivity contribution in [3.8, 4) is 5.75 Å². The molecule has 0 aromatic heterocycles. The Morgan fingerprint density at radius 1 is 1.21 bits per heavy atom. The number of likely N-dealkylation sites (tertiary alicyclic amines) is 1. The number of hydrogen-bond donors (Lipinski definition) is 1. The zero-order chi connectivity index (χ0) is 24.3. The number of benzene rings is 2. The molecule has 34 heavy (non-hydrogen) atoms. The lowest BCUT2D eigenvalue weighted by atomic mass is 9.86. The van der Waals surface area contributed by atoms with Gasteiger partial charge in [-0.25, -0.2) is 0 Å². The van der Waals surface area contributed by atoms with Gasteiger partial charge in [0.05, 0.1) is 11.6 Å². The van der Waals surface area contributed by atoms with E-state index < -0.39 is 17.3 Å². The van der Waals surface area contributed by atoms with E-state index in [9.17, 15) is 18.0 Å². The second-order valence-corrected chi connectivity index (χ2v) is 9.27. The zero-order valence-corrected chi connectivity index (χ0v) is 19.7. The third-order valence-corrected chi connectivity index (χ3v) is 7.02. The molecule has 1 N–H and O–H groups in total. The van der Waals surface area contributed by atoms with Gasteiger partial charge < -0.3 is 14.8 Å². The lowest BCUT2D eigenvalue weighted by molar-refractivity contribution is -0.141. The highest BCUT2D eigenvalue weighted by molar-refractivity contribution is 6.31. The fourth-order valence-corrected chi connectivity index (χ4v) is 5.08. The molecule has 2 fully saturated rings. The van der Waals surface area contributed by atoms with Gasteiger partial charge in [-0.15, -0.1) is 0 Å². The molecule has 2 aromatic carbocycles. The Morgan fingerprint density at radius 2 is 1.94 bits per heavy atom. The summed E-state index contributed by atoms with van der Waals surface area (Å²) in [4.78, 5) is 15.7. The number of hydrogen-bond acceptors (Lipinski definition) is 4. The van der Waals surface area contributed by atoms with Crippen molar-refractivity contribution in [1.82, 2.24) is 10.2 Å². The fourth-order valence-electron chi connectivity index (χ4n) is 4.78. The molecule has 0 saturated carbocycles. The van der Waals surface area contributed by atoms with E-state index >= 15 is 0 Å². The molecule has 0 radical (unpaired) electrons. The van der Waals surface area contributed by atoms with Crippen LogP contribution in [-0.4, -0.2) is 48.8 Å². The number of halogens is 4. The topological polar surface area (TPSA) is 50.8 Å². The molecule has 2 saturated heterocycles. The maximum Gasteiger partial charge on any atom is 0.416 e. The average molecular weight is 497 g/mol. The van der Waals surface area contributed by atoms with Crippen molar-refractivity contribution in [2.75, 3.05) is 26.3 Å². The van der Waals surface area contributed by atoms with Crippen LogP contribution >= 0.6 is 11.6 Å². The van der Waals surface area contributed by atoms with Crippen molar-refractivity contribution in [2.24, 2.45) is 0 Å². The van der Waals surface area contributed by atoms with Crippen LogP contribution in [0.3, 0.4) is 0 Å². The highest BCUT2D eigenvalue weighted by Gasteiger charge is 2.48. The SMILES string of the molecule is C[C@H](NC(=O)C1(N2CC[C@@H](Oc3cccc(C(F)(F)F)c3)C2)CCOCC1)c1ccccc1Cl. The molecule has 0 aliphatic carbocycles. The molecule has 2 aromatic rings. The number of nitrogens with one attached hydrogen (secondary N) is 1. The summed E-state index contributed by atoms with van der Waals surface area (Å²) in [5.41, 5.74) is -0.666. The Kier molecular flexibility index (Phi) is 7.40. The number of alkyl halides is 3. The second kappa shape index (κ2) is 10.1. The Hall–Kier alpha value is -2.29. The van der Waals surface area contributed by atoms with Gasteiger partial charge in [-0.2, -0.15) is 13.2 Å². The minimum absolute atomic E-state index is 0.0945. The summed E-state index contributed by atoms with van der Waals surface area (Å²) in [6, 6.07) is 12.0. The van der Waals surface area contributed by atoms with Crippen LogP contribution < -0.4 is 10.1 Å². The molecule has 184 valence electrons. The molecule has 2 heterocycles. The lowest BCUT2D eigenvalue weighted by Gasteiger charge is -2.43. The Labute approximate surface area is 202 Å². The summed E-state index contributed by atoms with van der Waals surface area (Å²) in [5.74, 6) is 0.0856. The maximum atomic E-state index is 13.6. The van der Waals surface area contributed by atoms with E-state index in [0.717, 1.165) is 17.7 Å². The lowest BCUT2D eigenvalue weighted by Crippen LogP contribution is -2.61. The first kappa shape index (κ1) is 24.8. The van der Waals surface area contributed by atoms with E-state index in [1.54, 1.807) is 6.07 Å². The van der Waals surface area contributed by atoms with Crippen LogP contribution in [0.4, 0.5) is 13.2 Å². The predicted molar refractivity (Wildman–Crippen MR) is 123 cm³/mol. The van der Waals surface area contributed by atoms with Crippen LogP contribution in [0, 0.1) is 0 Å². The van der Waals surface area contributed by atoms with E-state index in [0.29, 0.717) is 50.6 Å². The van der Waals surface area contributed by atoms with E-state index in [-0.39, 0.29) is 23.8 Å². The summed E-state index contributed by atoms with van der Waals surface area (Å²) < 4.78 is 50.6. The summed E-state index contributed by atoms with van der Waals surface area (Å²) in [6.45, 7) is 3.88. The number of nitrogens with zero attached hydrogens (tertiary/aromatic N) is 1. The summed E-state index contributed by atoms with van der Waals surface area (Å²) in [5, 5.41) is 3.72. The second-order valence-electron chi connectivity index (χ2n) is 8.86. The van der Waals surface area contributed by atoms with Crippen LogP contribution in [0.1, 0.15) is 43.4 Å². The van der Waals surface area contributed by atoms with Crippen LogP contribution in [0.2, 0.25) is 5.02 Å². The van der Waals surface area contributed by atoms with E-state index in [4.69, 9.17) is 21.1 Å². The highest BCUT2D eigenvalue weighted by atomic mass is 35.5. The maximum absolute atomic E-state index is 13.6. The standard InChI is InChI=1S/C25H28ClF3N2O3/c1-17(21-7-2-3-8-22(21)26)30-23(32)24(10-13-33-14-11-24)31-12-9-20(16-31)34-19-6-4-5-18(15-19)25(27,28)29/h2-8,15,17,20H,9-14,16H2,1H3,(H,30,32)/t17-,20+/m0/s1. The largest absolute Gasteiger partial charge is 0.489 e. The van der Waals surface area contributed by atoms with Crippen LogP contribution in [0.15, 0.2) is 48.5 Å². The summed E-state index contributed by atoms with van der Waals surface area (Å²) >= 11 is 6.32. The van der Waals surface area contributed by atoms with Crippen LogP contribution in [0.5, 0.6) is 5.75 Å². The number of ether oxygens (including phenoxy) is 2. The first-order valence-corrected chi connectivity index (χ1v) is 11.8. The minimum atomic E-state index is -4.43. The Balaban J connectivity index is 1.47. The number of rotatable bonds is 6. The molecule has 0 unspecified atom stereocenters. The number of amides is 1. The molecular formula is C25H28ClF3N2O3. The molecular weight excluding hydrogens is 469 g/mol. The van der Waals surface area contributed by atoms with E-state index in [1.165, 1.54) is 12.1 Å². The van der Waals surface area contributed by atoms with Gasteiger partial charge in [-0.3, -0.25) is 9.69 Å². The predicted octanol–water partition coefficient (Wildman–Crippen LogP) is 5.24. The molecule has 0 spiro atoms. The van der Waals surface area contributed by atoms with Crippen molar-refractivity contribution < 1.29 is 27.4 Å². The van der Waals surface area contributed by atoms with Gasteiger partial charge >= 0.3 is 6.18 Å². The smallest absolute Gasteiger partial charge is 0.416 e. The number of carbonyl (C=O) groups is 1. The van der Waals surface area contributed by atoms with Gasteiger partial charge in [0.25, 0.3) is 0 Å². The van der Waals surface area contributed by atoms with Gasteiger partial charge in [-0.05, 0) is 56.0 Å². The van der Waals surface area contributed by atoms with Crippen LogP contribution in [-0.2, 0) is 15.7 Å². The zero-order valence-electron chi connectivity index (χ0n) is 18.9. The van der Waals surface area contributed by atoms with Gasteiger partial charge in [-0.1, -0.05) is 35.9 Å². The molecule has 4 rings (SSSR count). The summed E-state index contributed by atoms with van der Waals surface area (Å²) in [6.07, 6.45) is -3.05. The first-order chi connectivity index (χ1) is 16.2. The third kappa shape index (κ3) is 5.34. The molecule has 2 aliphatic heterocycles. The minimum Gasteiger partial charge on any atom is -0.489 e. The van der Waals surface area contributed by atoms with Gasteiger partial charge in [0.2, 0.25) is 5.91 Å². The Morgan fingerprint density at radius 3 is 2.65 bits per heavy atom. The molecule has 2 atom stereocenters. The average Bonchev–Trinajstić information content (AvgIpc) is 3.28. The normalized spacial score (nSPS) is 21.7. The van der Waals surface area contributed by atoms with E-state index in [2.05, 4.69) is 10.2 Å². The quantitative estimate of drug-likeness (QED) is 0.594. The van der Waals surface area contributed by atoms with E-state index in [1.807, 2.05) is 25.1 Å². The van der Waals surface area contributed by atoms with Crippen molar-refractivity contribution in [3.05, 3.63) is 64.7 Å². The monoisotopic (exact) mass is 496 g/mol. The first-order valence-electron chi connectivity index (χ1n) is 11.4. The highest BCUT2D eigenvalue weighted by Crippen LogP contribution is 2.35. The van der Waals surface area contributed by atoms with Crippen molar-refractivity contribution in [3.63, 3.8) is 0 Å². The van der Waals surface area contributed by atoms with Gasteiger partial charge in [0.1, 0.15) is 17.4 Å². The molecule has 2 aliphatic rings. The fraction of sp³-hybridized carbons (Fsp3) is 0.480. The van der Waals surface area contributed by atoms with Crippen molar-refractivity contribution in [1.29, 1.82) is 0 Å². The molecule has 1 amide bonds. The molecule has 5 nitrogen and oxygen atoms in total. The third-order valence-electron chi connectivity index (χ3n) is 6.68. The summed E-state index contributed by atoms with van der Waals surface area (Å²) in [7, 11) is 0. The van der Waals surface area contributed by atoms with Crippen LogP contribution in [0.25, 0.3) is 0 Å². The van der Waals surface area contributed by atoms with Crippen molar-refractivity contribution in [2.45, 2.75) is 50.0 Å².